The minimum atomic E-state index is 0.903. The highest BCUT2D eigenvalue weighted by atomic mass is 79.9. The van der Waals surface area contributed by atoms with Crippen molar-refractivity contribution >= 4 is 32.5 Å². The minimum absolute atomic E-state index is 0.903. The number of para-hydroxylation sites is 1. The fourth-order valence-corrected chi connectivity index (χ4v) is 2.91. The maximum atomic E-state index is 3.56. The second kappa shape index (κ2) is 5.71. The molecule has 0 radical (unpaired) electrons. The van der Waals surface area contributed by atoms with Crippen LogP contribution < -0.4 is 5.32 Å². The van der Waals surface area contributed by atoms with Gasteiger partial charge in [-0.2, -0.15) is 0 Å². The second-order valence-electron chi connectivity index (χ2n) is 4.92. The van der Waals surface area contributed by atoms with Crippen LogP contribution in [0.4, 0.5) is 5.69 Å². The van der Waals surface area contributed by atoms with E-state index in [1.807, 2.05) is 12.1 Å². The van der Waals surface area contributed by atoms with Crippen molar-refractivity contribution in [2.45, 2.75) is 13.5 Å². The summed E-state index contributed by atoms with van der Waals surface area (Å²) in [5, 5.41) is 4.80. The van der Waals surface area contributed by atoms with Crippen molar-refractivity contribution in [2.75, 3.05) is 11.9 Å². The monoisotopic (exact) mass is 328 g/mol. The molecule has 0 fully saturated rings. The van der Waals surface area contributed by atoms with Gasteiger partial charge in [0.1, 0.15) is 0 Å². The van der Waals surface area contributed by atoms with E-state index in [2.05, 4.69) is 75.3 Å². The third-order valence-electron chi connectivity index (χ3n) is 3.57. The molecule has 20 heavy (non-hydrogen) atoms. The number of hydrogen-bond acceptors (Lipinski definition) is 1. The summed E-state index contributed by atoms with van der Waals surface area (Å²) in [6, 6.07) is 16.9. The number of nitrogens with one attached hydrogen (secondary N) is 1. The predicted octanol–water partition coefficient (Wildman–Crippen LogP) is 4.82. The number of rotatable bonds is 4. The Morgan fingerprint density at radius 1 is 1.05 bits per heavy atom. The van der Waals surface area contributed by atoms with E-state index in [1.54, 1.807) is 0 Å². The third kappa shape index (κ3) is 2.59. The Labute approximate surface area is 127 Å². The van der Waals surface area contributed by atoms with E-state index in [-0.39, 0.29) is 0 Å². The van der Waals surface area contributed by atoms with Gasteiger partial charge in [0.25, 0.3) is 0 Å². The smallest absolute Gasteiger partial charge is 0.0485 e. The van der Waals surface area contributed by atoms with Crippen LogP contribution in [0.2, 0.25) is 0 Å². The van der Waals surface area contributed by atoms with E-state index in [0.717, 1.165) is 23.2 Å². The zero-order chi connectivity index (χ0) is 13.9. The number of aromatic nitrogens is 1. The molecule has 0 unspecified atom stereocenters. The lowest BCUT2D eigenvalue weighted by Crippen LogP contribution is -2.09. The van der Waals surface area contributed by atoms with Crippen molar-refractivity contribution in [2.24, 2.45) is 0 Å². The maximum Gasteiger partial charge on any atom is 0.0485 e. The van der Waals surface area contributed by atoms with Crippen LogP contribution in [-0.4, -0.2) is 11.1 Å². The molecular formula is C17H17BrN2. The molecule has 0 aliphatic carbocycles. The number of benzene rings is 2. The molecule has 0 spiro atoms. The summed E-state index contributed by atoms with van der Waals surface area (Å²) >= 11 is 3.56. The van der Waals surface area contributed by atoms with E-state index < -0.39 is 0 Å². The van der Waals surface area contributed by atoms with Crippen LogP contribution >= 0.6 is 15.9 Å². The van der Waals surface area contributed by atoms with Crippen molar-refractivity contribution in [1.82, 2.24) is 4.57 Å². The van der Waals surface area contributed by atoms with Gasteiger partial charge in [-0.05, 0) is 52.7 Å². The van der Waals surface area contributed by atoms with Crippen molar-refractivity contribution in [3.63, 3.8) is 0 Å². The zero-order valence-electron chi connectivity index (χ0n) is 11.4. The molecule has 3 heteroatoms. The minimum Gasteiger partial charge on any atom is -0.382 e. The van der Waals surface area contributed by atoms with E-state index in [9.17, 15) is 0 Å². The van der Waals surface area contributed by atoms with Gasteiger partial charge in [0.15, 0.2) is 0 Å². The molecule has 0 saturated carbocycles. The lowest BCUT2D eigenvalue weighted by Gasteiger charge is -2.10. The first-order chi connectivity index (χ1) is 9.75. The zero-order valence-corrected chi connectivity index (χ0v) is 13.0. The fraction of sp³-hybridized carbons (Fsp3) is 0.176. The van der Waals surface area contributed by atoms with Crippen LogP contribution in [0.5, 0.6) is 0 Å². The molecule has 3 aromatic rings. The Hall–Kier alpha value is -1.74. The Morgan fingerprint density at radius 2 is 1.90 bits per heavy atom. The fourth-order valence-electron chi connectivity index (χ4n) is 2.49. The first-order valence-corrected chi connectivity index (χ1v) is 7.58. The lowest BCUT2D eigenvalue weighted by molar-refractivity contribution is 0.757. The van der Waals surface area contributed by atoms with Gasteiger partial charge in [-0.15, -0.1) is 0 Å². The largest absolute Gasteiger partial charge is 0.382 e. The number of fused-ring (bicyclic) bond motifs is 1. The predicted molar refractivity (Wildman–Crippen MR) is 89.3 cm³/mol. The van der Waals surface area contributed by atoms with Gasteiger partial charge in [-0.25, -0.2) is 0 Å². The van der Waals surface area contributed by atoms with Crippen molar-refractivity contribution in [3.8, 4) is 0 Å². The van der Waals surface area contributed by atoms with Crippen molar-refractivity contribution in [1.29, 1.82) is 0 Å². The molecule has 3 rings (SSSR count). The highest BCUT2D eigenvalue weighted by molar-refractivity contribution is 9.10. The van der Waals surface area contributed by atoms with Crippen LogP contribution in [0.15, 0.2) is 59.2 Å². The average molecular weight is 329 g/mol. The Morgan fingerprint density at radius 3 is 2.75 bits per heavy atom. The van der Waals surface area contributed by atoms with Gasteiger partial charge in [0.2, 0.25) is 0 Å². The number of aryl methyl sites for hydroxylation is 1. The molecular weight excluding hydrogens is 312 g/mol. The van der Waals surface area contributed by atoms with E-state index in [1.165, 1.54) is 16.5 Å². The molecule has 0 saturated heterocycles. The molecule has 0 aliphatic rings. The molecule has 0 bridgehead atoms. The quantitative estimate of drug-likeness (QED) is 0.726. The van der Waals surface area contributed by atoms with Gasteiger partial charge in [0.05, 0.1) is 0 Å². The molecule has 1 aromatic heterocycles. The van der Waals surface area contributed by atoms with Gasteiger partial charge >= 0.3 is 0 Å². The topological polar surface area (TPSA) is 17.0 Å². The van der Waals surface area contributed by atoms with Crippen LogP contribution in [0.1, 0.15) is 5.56 Å². The van der Waals surface area contributed by atoms with Crippen LogP contribution in [0, 0.1) is 6.92 Å². The molecule has 2 aromatic carbocycles. The molecule has 0 amide bonds. The number of halogens is 1. The van der Waals surface area contributed by atoms with Gasteiger partial charge < -0.3 is 9.88 Å². The summed E-state index contributed by atoms with van der Waals surface area (Å²) in [7, 11) is 0. The summed E-state index contributed by atoms with van der Waals surface area (Å²) in [4.78, 5) is 0. The normalized spacial score (nSPS) is 10.9. The van der Waals surface area contributed by atoms with Crippen molar-refractivity contribution in [3.05, 3.63) is 64.8 Å². The van der Waals surface area contributed by atoms with Crippen LogP contribution in [-0.2, 0) is 6.54 Å². The molecule has 1 heterocycles. The second-order valence-corrected chi connectivity index (χ2v) is 5.78. The average Bonchev–Trinajstić information content (AvgIpc) is 2.86. The first kappa shape index (κ1) is 13.3. The summed E-state index contributed by atoms with van der Waals surface area (Å²) in [6.07, 6.45) is 2.17. The van der Waals surface area contributed by atoms with Gasteiger partial charge in [-0.1, -0.05) is 24.3 Å². The van der Waals surface area contributed by atoms with E-state index in [0.29, 0.717) is 0 Å². The highest BCUT2D eigenvalue weighted by Gasteiger charge is 2.03. The highest BCUT2D eigenvalue weighted by Crippen LogP contribution is 2.22. The SMILES string of the molecule is Cc1cccc2c1ccn2CCNc1ccccc1Br. The Balaban J connectivity index is 1.72. The summed E-state index contributed by atoms with van der Waals surface area (Å²) in [6.45, 7) is 4.01. The van der Waals surface area contributed by atoms with Crippen LogP contribution in [0.25, 0.3) is 10.9 Å². The number of hydrogen-bond donors (Lipinski definition) is 1. The Kier molecular flexibility index (Phi) is 3.79. The summed E-state index contributed by atoms with van der Waals surface area (Å²) in [5.74, 6) is 0. The van der Waals surface area contributed by atoms with Crippen molar-refractivity contribution < 1.29 is 0 Å². The van der Waals surface area contributed by atoms with Crippen LogP contribution in [0.3, 0.4) is 0 Å². The summed E-state index contributed by atoms with van der Waals surface area (Å²) < 4.78 is 3.40. The van der Waals surface area contributed by atoms with E-state index >= 15 is 0 Å². The lowest BCUT2D eigenvalue weighted by atomic mass is 10.1. The third-order valence-corrected chi connectivity index (χ3v) is 4.27. The molecule has 102 valence electrons. The maximum absolute atomic E-state index is 3.56. The molecule has 0 atom stereocenters. The molecule has 1 N–H and O–H groups in total. The van der Waals surface area contributed by atoms with Gasteiger partial charge in [0, 0.05) is 40.3 Å². The van der Waals surface area contributed by atoms with E-state index in [4.69, 9.17) is 0 Å². The number of anilines is 1. The van der Waals surface area contributed by atoms with Gasteiger partial charge in [-0.3, -0.25) is 0 Å². The molecule has 0 aliphatic heterocycles. The first-order valence-electron chi connectivity index (χ1n) is 6.78. The Bertz CT molecular complexity index is 731. The number of nitrogens with zero attached hydrogens (tertiary/aromatic N) is 1. The molecule has 2 nitrogen and oxygen atoms in total. The standard InChI is InChI=1S/C17H17BrN2/c1-13-5-4-8-17-14(13)9-11-20(17)12-10-19-16-7-3-2-6-15(16)18/h2-9,11,19H,10,12H2,1H3. The summed E-state index contributed by atoms with van der Waals surface area (Å²) in [5.41, 5.74) is 3.78.